The normalized spacial score (nSPS) is 11.6. The molecule has 2 amide bonds. The van der Waals surface area contributed by atoms with Crippen molar-refractivity contribution in [1.29, 1.82) is 0 Å². The molecule has 0 aromatic heterocycles. The van der Waals surface area contributed by atoms with Crippen LogP contribution in [0, 0.1) is 0 Å². The highest BCUT2D eigenvalue weighted by atomic mass is 16.3. The second-order valence-corrected chi connectivity index (χ2v) is 7.61. The van der Waals surface area contributed by atoms with E-state index >= 15 is 0 Å². The molecule has 174 valence electrons. The van der Waals surface area contributed by atoms with Crippen molar-refractivity contribution in [3.63, 3.8) is 0 Å². The van der Waals surface area contributed by atoms with E-state index in [-0.39, 0.29) is 18.4 Å². The maximum atomic E-state index is 11.8. The molecule has 6 heteroatoms. The van der Waals surface area contributed by atoms with Gasteiger partial charge in [0.05, 0.1) is 6.61 Å². The fourth-order valence-electron chi connectivity index (χ4n) is 2.94. The van der Waals surface area contributed by atoms with Gasteiger partial charge >= 0.3 is 0 Å². The lowest BCUT2D eigenvalue weighted by molar-refractivity contribution is -0.121. The molecule has 30 heavy (non-hydrogen) atoms. The molecule has 3 N–H and O–H groups in total. The number of rotatable bonds is 20. The Kier molecular flexibility index (Phi) is 20.8. The topological polar surface area (TPSA) is 81.7 Å². The molecular formula is C24H45N3O3. The van der Waals surface area contributed by atoms with E-state index in [0.29, 0.717) is 32.5 Å². The third kappa shape index (κ3) is 19.6. The van der Waals surface area contributed by atoms with E-state index in [0.717, 1.165) is 38.8 Å². The predicted molar refractivity (Wildman–Crippen MR) is 125 cm³/mol. The Bertz CT molecular complexity index is 438. The van der Waals surface area contributed by atoms with Gasteiger partial charge < -0.3 is 20.6 Å². The Morgan fingerprint density at radius 3 is 1.60 bits per heavy atom. The van der Waals surface area contributed by atoms with E-state index in [2.05, 4.69) is 41.5 Å². The molecule has 0 aliphatic carbocycles. The molecule has 0 heterocycles. The molecule has 0 saturated carbocycles. The Morgan fingerprint density at radius 2 is 1.20 bits per heavy atom. The van der Waals surface area contributed by atoms with Gasteiger partial charge in [-0.15, -0.1) is 0 Å². The van der Waals surface area contributed by atoms with E-state index in [1.54, 1.807) is 0 Å². The summed E-state index contributed by atoms with van der Waals surface area (Å²) in [6, 6.07) is 0. The average Bonchev–Trinajstić information content (AvgIpc) is 2.73. The van der Waals surface area contributed by atoms with Gasteiger partial charge in [0.1, 0.15) is 0 Å². The number of nitrogens with one attached hydrogen (secondary N) is 2. The van der Waals surface area contributed by atoms with Gasteiger partial charge in [-0.25, -0.2) is 0 Å². The minimum absolute atomic E-state index is 0.0583. The quantitative estimate of drug-likeness (QED) is 0.207. The number of allylic oxidation sites excluding steroid dienone is 2. The van der Waals surface area contributed by atoms with E-state index < -0.39 is 0 Å². The number of hydrogen-bond acceptors (Lipinski definition) is 4. The molecule has 0 aromatic rings. The third-order valence-electron chi connectivity index (χ3n) is 4.75. The van der Waals surface area contributed by atoms with Crippen LogP contribution < -0.4 is 10.6 Å². The summed E-state index contributed by atoms with van der Waals surface area (Å²) in [6.45, 7) is 7.97. The average molecular weight is 424 g/mol. The van der Waals surface area contributed by atoms with Crippen LogP contribution in [-0.2, 0) is 9.59 Å². The first-order valence-electron chi connectivity index (χ1n) is 11.8. The molecule has 0 unspecified atom stereocenters. The van der Waals surface area contributed by atoms with Gasteiger partial charge in [0.25, 0.3) is 0 Å². The Labute approximate surface area is 184 Å². The molecular weight excluding hydrogens is 378 g/mol. The summed E-state index contributed by atoms with van der Waals surface area (Å²) < 4.78 is 0. The molecule has 0 saturated heterocycles. The lowest BCUT2D eigenvalue weighted by Crippen LogP contribution is -2.34. The molecule has 0 rings (SSSR count). The van der Waals surface area contributed by atoms with Crippen molar-refractivity contribution >= 4 is 11.8 Å². The number of unbranched alkanes of at least 4 members (excludes halogenated alkanes) is 4. The van der Waals surface area contributed by atoms with Crippen LogP contribution in [0.4, 0.5) is 0 Å². The Balaban J connectivity index is 3.82. The van der Waals surface area contributed by atoms with Gasteiger partial charge in [-0.05, 0) is 38.8 Å². The number of carbonyl (C=O) groups is 2. The zero-order valence-corrected chi connectivity index (χ0v) is 19.3. The standard InChI is InChI=1S/C24H45N3O3/c1-3-5-7-9-11-15-23(29)25-17-13-19-27(21-22-28)20-14-18-26-24(30)16-12-10-8-6-4-2/h9-12,28H,3-8,13-22H2,1-2H3,(H,25,29)(H,26,30)/b11-9+,12-10+. The van der Waals surface area contributed by atoms with Crippen LogP contribution in [0.15, 0.2) is 24.3 Å². The third-order valence-corrected chi connectivity index (χ3v) is 4.75. The van der Waals surface area contributed by atoms with Gasteiger partial charge in [0, 0.05) is 32.5 Å². The van der Waals surface area contributed by atoms with Crippen molar-refractivity contribution in [2.45, 2.75) is 78.1 Å². The highest BCUT2D eigenvalue weighted by Crippen LogP contribution is 1.98. The number of amides is 2. The van der Waals surface area contributed by atoms with Crippen LogP contribution >= 0.6 is 0 Å². The van der Waals surface area contributed by atoms with Crippen molar-refractivity contribution in [2.75, 3.05) is 39.3 Å². The van der Waals surface area contributed by atoms with Crippen LogP contribution in [0.2, 0.25) is 0 Å². The fourth-order valence-corrected chi connectivity index (χ4v) is 2.94. The fraction of sp³-hybridized carbons (Fsp3) is 0.750. The summed E-state index contributed by atoms with van der Waals surface area (Å²) in [5, 5.41) is 15.1. The van der Waals surface area contributed by atoms with Crippen LogP contribution in [0.25, 0.3) is 0 Å². The van der Waals surface area contributed by atoms with Crippen molar-refractivity contribution in [3.8, 4) is 0 Å². The molecule has 0 aromatic carbocycles. The molecule has 0 aliphatic heterocycles. The first kappa shape index (κ1) is 28.3. The van der Waals surface area contributed by atoms with Gasteiger partial charge in [-0.3, -0.25) is 9.59 Å². The smallest absolute Gasteiger partial charge is 0.223 e. The summed E-state index contributed by atoms with van der Waals surface area (Å²) in [5.74, 6) is 0.117. The lowest BCUT2D eigenvalue weighted by atomic mass is 10.2. The Hall–Kier alpha value is -1.66. The molecule has 0 fully saturated rings. The van der Waals surface area contributed by atoms with Crippen molar-refractivity contribution in [1.82, 2.24) is 15.5 Å². The summed E-state index contributed by atoms with van der Waals surface area (Å²) in [5.41, 5.74) is 0. The number of carbonyl (C=O) groups excluding carboxylic acids is 2. The Morgan fingerprint density at radius 1 is 0.733 bits per heavy atom. The van der Waals surface area contributed by atoms with Crippen LogP contribution in [0.5, 0.6) is 0 Å². The largest absolute Gasteiger partial charge is 0.395 e. The van der Waals surface area contributed by atoms with Crippen molar-refractivity contribution in [2.24, 2.45) is 0 Å². The highest BCUT2D eigenvalue weighted by molar-refractivity contribution is 5.77. The minimum Gasteiger partial charge on any atom is -0.395 e. The number of hydrogen-bond donors (Lipinski definition) is 3. The molecule has 6 nitrogen and oxygen atoms in total. The zero-order valence-electron chi connectivity index (χ0n) is 19.3. The van der Waals surface area contributed by atoms with E-state index in [4.69, 9.17) is 0 Å². The maximum absolute atomic E-state index is 11.8. The first-order chi connectivity index (χ1) is 14.6. The first-order valence-corrected chi connectivity index (χ1v) is 11.8. The SMILES string of the molecule is CCCC/C=C/CC(=O)NCCCN(CCO)CCCNC(=O)C/C=C/CCCC. The summed E-state index contributed by atoms with van der Waals surface area (Å²) in [6.07, 6.45) is 17.4. The van der Waals surface area contributed by atoms with Crippen molar-refractivity contribution < 1.29 is 14.7 Å². The van der Waals surface area contributed by atoms with Gasteiger partial charge in [-0.1, -0.05) is 63.8 Å². The second-order valence-electron chi connectivity index (χ2n) is 7.61. The van der Waals surface area contributed by atoms with Gasteiger partial charge in [-0.2, -0.15) is 0 Å². The van der Waals surface area contributed by atoms with Crippen LogP contribution in [0.3, 0.4) is 0 Å². The lowest BCUT2D eigenvalue weighted by Gasteiger charge is -2.21. The van der Waals surface area contributed by atoms with Gasteiger partial charge in [0.15, 0.2) is 0 Å². The molecule has 0 atom stereocenters. The summed E-state index contributed by atoms with van der Waals surface area (Å²) >= 11 is 0. The molecule has 0 bridgehead atoms. The monoisotopic (exact) mass is 423 g/mol. The maximum Gasteiger partial charge on any atom is 0.223 e. The van der Waals surface area contributed by atoms with Crippen molar-refractivity contribution in [3.05, 3.63) is 24.3 Å². The summed E-state index contributed by atoms with van der Waals surface area (Å²) in [4.78, 5) is 25.7. The number of aliphatic hydroxyl groups excluding tert-OH is 1. The summed E-state index contributed by atoms with van der Waals surface area (Å²) in [7, 11) is 0. The second kappa shape index (κ2) is 22.0. The zero-order chi connectivity index (χ0) is 22.3. The molecule has 0 radical (unpaired) electrons. The minimum atomic E-state index is 0.0583. The number of nitrogens with zero attached hydrogens (tertiary/aromatic N) is 1. The predicted octanol–water partition coefficient (Wildman–Crippen LogP) is 3.57. The highest BCUT2D eigenvalue weighted by Gasteiger charge is 2.05. The van der Waals surface area contributed by atoms with Gasteiger partial charge in [0.2, 0.25) is 11.8 Å². The number of aliphatic hydroxyl groups is 1. The van der Waals surface area contributed by atoms with E-state index in [1.807, 2.05) is 12.2 Å². The molecule has 0 spiro atoms. The van der Waals surface area contributed by atoms with Crippen LogP contribution in [-0.4, -0.2) is 61.2 Å². The van der Waals surface area contributed by atoms with Crippen LogP contribution in [0.1, 0.15) is 78.1 Å². The van der Waals surface area contributed by atoms with E-state index in [9.17, 15) is 14.7 Å². The molecule has 0 aliphatic rings. The van der Waals surface area contributed by atoms with E-state index in [1.165, 1.54) is 25.7 Å².